The second-order valence-electron chi connectivity index (χ2n) is 2.79. The van der Waals surface area contributed by atoms with Crippen molar-refractivity contribution >= 4 is 7.82 Å². The van der Waals surface area contributed by atoms with Gasteiger partial charge in [-0.1, -0.05) is 0 Å². The summed E-state index contributed by atoms with van der Waals surface area (Å²) in [5, 5.41) is 0. The fraction of sp³-hybridized carbons (Fsp3) is 0.500. The fourth-order valence-corrected chi connectivity index (χ4v) is 1.55. The minimum atomic E-state index is -4.54. The quantitative estimate of drug-likeness (QED) is 0.525. The highest BCUT2D eigenvalue weighted by Gasteiger charge is 2.32. The van der Waals surface area contributed by atoms with Gasteiger partial charge in [0.2, 0.25) is 0 Å². The highest BCUT2D eigenvalue weighted by molar-refractivity contribution is 7.46. The molecule has 0 bridgehead atoms. The van der Waals surface area contributed by atoms with Gasteiger partial charge in [-0.15, -0.1) is 24.7 Å². The van der Waals surface area contributed by atoms with Crippen LogP contribution in [0.25, 0.3) is 0 Å². The molecule has 4 nitrogen and oxygen atoms in total. The Bertz CT molecular complexity index is 274. The average molecular weight is 202 g/mol. The molecular weight excluding hydrogens is 191 g/mol. The summed E-state index contributed by atoms with van der Waals surface area (Å²) in [6.45, 7) is 1.46. The largest absolute Gasteiger partial charge is 0.470 e. The number of phosphoric acid groups is 1. The van der Waals surface area contributed by atoms with E-state index in [1.165, 1.54) is 6.92 Å². The molecular formula is C8H11O4P. The van der Waals surface area contributed by atoms with E-state index in [-0.39, 0.29) is 12.8 Å². The van der Waals surface area contributed by atoms with Crippen molar-refractivity contribution in [3.63, 3.8) is 0 Å². The van der Waals surface area contributed by atoms with Gasteiger partial charge >= 0.3 is 7.82 Å². The van der Waals surface area contributed by atoms with Crippen molar-refractivity contribution in [2.45, 2.75) is 25.4 Å². The molecule has 0 heterocycles. The third-order valence-electron chi connectivity index (χ3n) is 1.29. The molecule has 0 radical (unpaired) electrons. The molecule has 0 aromatic carbocycles. The molecule has 0 aliphatic heterocycles. The molecule has 0 aliphatic rings. The van der Waals surface area contributed by atoms with Crippen LogP contribution in [0.4, 0.5) is 0 Å². The Labute approximate surface area is 77.5 Å². The topological polar surface area (TPSA) is 66.8 Å². The van der Waals surface area contributed by atoms with E-state index in [2.05, 4.69) is 16.4 Å². The first-order chi connectivity index (χ1) is 5.83. The Kier molecular flexibility index (Phi) is 4.20. The van der Waals surface area contributed by atoms with E-state index >= 15 is 0 Å². The van der Waals surface area contributed by atoms with E-state index in [1.807, 2.05) is 0 Å². The first-order valence-corrected chi connectivity index (χ1v) is 4.99. The fourth-order valence-electron chi connectivity index (χ4n) is 0.846. The van der Waals surface area contributed by atoms with Gasteiger partial charge in [-0.3, -0.25) is 4.52 Å². The van der Waals surface area contributed by atoms with Gasteiger partial charge in [-0.2, -0.15) is 0 Å². The van der Waals surface area contributed by atoms with Crippen molar-refractivity contribution in [1.29, 1.82) is 0 Å². The second-order valence-corrected chi connectivity index (χ2v) is 3.96. The smallest absolute Gasteiger partial charge is 0.303 e. The Morgan fingerprint density at radius 3 is 2.00 bits per heavy atom. The van der Waals surface area contributed by atoms with Crippen molar-refractivity contribution in [1.82, 2.24) is 0 Å². The minimum absolute atomic E-state index is 0.0578. The van der Waals surface area contributed by atoms with Gasteiger partial charge in [0.15, 0.2) is 0 Å². The van der Waals surface area contributed by atoms with Crippen molar-refractivity contribution in [3.05, 3.63) is 0 Å². The van der Waals surface area contributed by atoms with E-state index in [0.717, 1.165) is 0 Å². The minimum Gasteiger partial charge on any atom is -0.303 e. The highest BCUT2D eigenvalue weighted by Crippen LogP contribution is 2.43. The van der Waals surface area contributed by atoms with Gasteiger partial charge in [-0.05, 0) is 6.92 Å². The van der Waals surface area contributed by atoms with E-state index in [4.69, 9.17) is 22.6 Å². The Morgan fingerprint density at radius 2 is 1.77 bits per heavy atom. The lowest BCUT2D eigenvalue weighted by Gasteiger charge is -2.25. The van der Waals surface area contributed by atoms with Crippen molar-refractivity contribution in [2.75, 3.05) is 0 Å². The number of rotatable bonds is 4. The van der Waals surface area contributed by atoms with Gasteiger partial charge in [0, 0.05) is 12.8 Å². The summed E-state index contributed by atoms with van der Waals surface area (Å²) >= 11 is 0. The summed E-state index contributed by atoms with van der Waals surface area (Å²) < 4.78 is 15.0. The van der Waals surface area contributed by atoms with E-state index in [0.29, 0.717) is 0 Å². The highest BCUT2D eigenvalue weighted by atomic mass is 31.2. The maximum absolute atomic E-state index is 10.5. The third-order valence-corrected chi connectivity index (χ3v) is 1.97. The normalized spacial score (nSPS) is 11.8. The number of hydrogen-bond donors (Lipinski definition) is 2. The van der Waals surface area contributed by atoms with Gasteiger partial charge in [-0.25, -0.2) is 4.57 Å². The summed E-state index contributed by atoms with van der Waals surface area (Å²) in [6, 6.07) is 0. The maximum atomic E-state index is 10.5. The van der Waals surface area contributed by atoms with Crippen LogP contribution in [0.15, 0.2) is 0 Å². The molecule has 0 atom stereocenters. The lowest BCUT2D eigenvalue weighted by atomic mass is 9.99. The predicted octanol–water partition coefficient (Wildman–Crippen LogP) is 0.901. The van der Waals surface area contributed by atoms with Crippen LogP contribution in [-0.2, 0) is 9.09 Å². The summed E-state index contributed by atoms with van der Waals surface area (Å²) in [5.41, 5.74) is -1.15. The zero-order valence-electron chi connectivity index (χ0n) is 7.23. The zero-order valence-corrected chi connectivity index (χ0v) is 8.12. The zero-order chi connectivity index (χ0) is 10.5. The summed E-state index contributed by atoms with van der Waals surface area (Å²) in [5.74, 6) is 4.50. The van der Waals surface area contributed by atoms with E-state index in [1.54, 1.807) is 0 Å². The second kappa shape index (κ2) is 4.46. The van der Waals surface area contributed by atoms with Crippen LogP contribution in [0.3, 0.4) is 0 Å². The van der Waals surface area contributed by atoms with Crippen LogP contribution < -0.4 is 0 Å². The van der Waals surface area contributed by atoms with Crippen LogP contribution in [0.2, 0.25) is 0 Å². The molecule has 0 saturated heterocycles. The van der Waals surface area contributed by atoms with E-state index in [9.17, 15) is 4.57 Å². The molecule has 5 heteroatoms. The Hall–Kier alpha value is -0.770. The molecule has 0 rings (SSSR count). The Morgan fingerprint density at radius 1 is 1.38 bits per heavy atom. The molecule has 0 unspecified atom stereocenters. The van der Waals surface area contributed by atoms with Crippen LogP contribution in [0, 0.1) is 24.7 Å². The van der Waals surface area contributed by atoms with Crippen molar-refractivity contribution < 1.29 is 18.9 Å². The van der Waals surface area contributed by atoms with Crippen LogP contribution in [0.1, 0.15) is 19.8 Å². The molecule has 0 amide bonds. The van der Waals surface area contributed by atoms with Crippen LogP contribution in [-0.4, -0.2) is 15.4 Å². The molecule has 0 spiro atoms. The third kappa shape index (κ3) is 5.47. The van der Waals surface area contributed by atoms with Gasteiger partial charge in [0.1, 0.15) is 0 Å². The molecule has 0 saturated carbocycles. The molecule has 2 N–H and O–H groups in total. The summed E-state index contributed by atoms with van der Waals surface area (Å²) in [7, 11) is -4.54. The Balaban J connectivity index is 4.54. The molecule has 0 fully saturated rings. The molecule has 0 aliphatic carbocycles. The van der Waals surface area contributed by atoms with E-state index < -0.39 is 13.4 Å². The molecule has 0 aromatic heterocycles. The number of phosphoric ester groups is 1. The number of hydrogen-bond acceptors (Lipinski definition) is 2. The number of terminal acetylenes is 2. The SMILES string of the molecule is C#CCC(C)(CC#C)OP(=O)(O)O. The van der Waals surface area contributed by atoms with Crippen LogP contribution in [0.5, 0.6) is 0 Å². The van der Waals surface area contributed by atoms with Gasteiger partial charge < -0.3 is 9.79 Å². The summed E-state index contributed by atoms with van der Waals surface area (Å²) in [6.07, 6.45) is 10.1. The van der Waals surface area contributed by atoms with Crippen molar-refractivity contribution in [3.8, 4) is 24.7 Å². The standard InChI is InChI=1S/C8H11O4P/c1-4-6-8(3,7-5-2)12-13(9,10)11/h1-2H,6-7H2,3H3,(H2,9,10,11). The summed E-state index contributed by atoms with van der Waals surface area (Å²) in [4.78, 5) is 17.1. The predicted molar refractivity (Wildman–Crippen MR) is 48.4 cm³/mol. The molecule has 72 valence electrons. The molecule has 0 aromatic rings. The average Bonchev–Trinajstić information content (AvgIpc) is 1.82. The van der Waals surface area contributed by atoms with Gasteiger partial charge in [0.05, 0.1) is 5.60 Å². The monoisotopic (exact) mass is 202 g/mol. The van der Waals surface area contributed by atoms with Crippen molar-refractivity contribution in [2.24, 2.45) is 0 Å². The maximum Gasteiger partial charge on any atom is 0.470 e. The first-order valence-electron chi connectivity index (χ1n) is 3.46. The lowest BCUT2D eigenvalue weighted by Crippen LogP contribution is -2.26. The first kappa shape index (κ1) is 12.2. The molecule has 13 heavy (non-hydrogen) atoms. The van der Waals surface area contributed by atoms with Crippen LogP contribution >= 0.6 is 7.82 Å². The lowest BCUT2D eigenvalue weighted by molar-refractivity contribution is 0.0579. The van der Waals surface area contributed by atoms with Gasteiger partial charge in [0.25, 0.3) is 0 Å².